The van der Waals surface area contributed by atoms with Crippen molar-refractivity contribution in [2.24, 2.45) is 0 Å². The minimum absolute atomic E-state index is 0.0593. The molecule has 1 aromatic rings. The molecule has 1 aliphatic rings. The molecule has 1 aromatic carbocycles. The average Bonchev–Trinajstić information content (AvgIpc) is 2.41. The molecular weight excluding hydrogens is 285 g/mol. The van der Waals surface area contributed by atoms with E-state index in [1.807, 2.05) is 12.1 Å². The summed E-state index contributed by atoms with van der Waals surface area (Å²) >= 11 is -0.0593. The predicted molar refractivity (Wildman–Crippen MR) is 75.8 cm³/mol. The molecule has 0 amide bonds. The van der Waals surface area contributed by atoms with Crippen LogP contribution in [0.3, 0.4) is 0 Å². The molecule has 2 rings (SSSR count). The van der Waals surface area contributed by atoms with Crippen molar-refractivity contribution >= 4 is 11.8 Å². The van der Waals surface area contributed by atoms with Crippen molar-refractivity contribution in [2.75, 3.05) is 26.2 Å². The highest BCUT2D eigenvalue weighted by atomic mass is 32.2. The zero-order valence-electron chi connectivity index (χ0n) is 11.4. The van der Waals surface area contributed by atoms with E-state index < -0.39 is 5.51 Å². The van der Waals surface area contributed by atoms with Crippen LogP contribution in [0.1, 0.15) is 24.9 Å². The molecule has 1 fully saturated rings. The highest BCUT2D eigenvalue weighted by Crippen LogP contribution is 2.37. The van der Waals surface area contributed by atoms with Gasteiger partial charge in [-0.15, -0.1) is 0 Å². The van der Waals surface area contributed by atoms with E-state index in [0.29, 0.717) is 6.04 Å². The van der Waals surface area contributed by atoms with Gasteiger partial charge < -0.3 is 5.32 Å². The Morgan fingerprint density at radius 3 is 2.30 bits per heavy atom. The lowest BCUT2D eigenvalue weighted by Crippen LogP contribution is -2.45. The number of nitrogens with one attached hydrogen (secondary N) is 1. The first-order valence-electron chi connectivity index (χ1n) is 6.80. The van der Waals surface area contributed by atoms with E-state index in [-0.39, 0.29) is 16.7 Å². The molecule has 20 heavy (non-hydrogen) atoms. The maximum absolute atomic E-state index is 12.3. The Kier molecular flexibility index (Phi) is 5.35. The lowest BCUT2D eigenvalue weighted by Gasteiger charge is -2.34. The number of piperazine rings is 1. The Labute approximate surface area is 121 Å². The van der Waals surface area contributed by atoms with Gasteiger partial charge in [0.05, 0.1) is 0 Å². The number of alkyl halides is 3. The van der Waals surface area contributed by atoms with Crippen molar-refractivity contribution in [1.29, 1.82) is 0 Å². The summed E-state index contributed by atoms with van der Waals surface area (Å²) in [6.07, 6.45) is 0.964. The standard InChI is InChI=1S/C14H19F3N2S/c1-2-13(19-9-7-18-8-10-19)11-3-5-12(6-4-11)20-14(15,16)17/h3-6,13,18H,2,7-10H2,1H3/t13-/m1/s1. The van der Waals surface area contributed by atoms with Gasteiger partial charge in [-0.25, -0.2) is 0 Å². The number of thioether (sulfide) groups is 1. The third-order valence-electron chi connectivity index (χ3n) is 3.48. The van der Waals surface area contributed by atoms with Crippen molar-refractivity contribution in [2.45, 2.75) is 29.8 Å². The zero-order valence-corrected chi connectivity index (χ0v) is 12.2. The fourth-order valence-electron chi connectivity index (χ4n) is 2.59. The Balaban J connectivity index is 2.06. The quantitative estimate of drug-likeness (QED) is 0.855. The first-order chi connectivity index (χ1) is 9.49. The van der Waals surface area contributed by atoms with Crippen LogP contribution in [-0.4, -0.2) is 36.6 Å². The van der Waals surface area contributed by atoms with E-state index in [1.54, 1.807) is 12.1 Å². The minimum Gasteiger partial charge on any atom is -0.314 e. The van der Waals surface area contributed by atoms with Gasteiger partial charge in [0, 0.05) is 37.1 Å². The van der Waals surface area contributed by atoms with E-state index >= 15 is 0 Å². The number of rotatable bonds is 4. The smallest absolute Gasteiger partial charge is 0.314 e. The molecule has 0 unspecified atom stereocenters. The lowest BCUT2D eigenvalue weighted by atomic mass is 10.0. The number of hydrogen-bond acceptors (Lipinski definition) is 3. The summed E-state index contributed by atoms with van der Waals surface area (Å²) in [4.78, 5) is 2.64. The molecule has 1 aliphatic heterocycles. The van der Waals surface area contributed by atoms with Crippen LogP contribution in [0.15, 0.2) is 29.2 Å². The largest absolute Gasteiger partial charge is 0.446 e. The van der Waals surface area contributed by atoms with Crippen LogP contribution < -0.4 is 5.32 Å². The minimum atomic E-state index is -4.22. The Bertz CT molecular complexity index is 413. The van der Waals surface area contributed by atoms with Crippen molar-refractivity contribution in [1.82, 2.24) is 10.2 Å². The van der Waals surface area contributed by atoms with Crippen molar-refractivity contribution < 1.29 is 13.2 Å². The molecule has 1 heterocycles. The first-order valence-corrected chi connectivity index (χ1v) is 7.61. The first kappa shape index (κ1) is 15.7. The Morgan fingerprint density at radius 2 is 1.80 bits per heavy atom. The van der Waals surface area contributed by atoms with Gasteiger partial charge in [0.1, 0.15) is 0 Å². The zero-order chi connectivity index (χ0) is 14.6. The molecule has 0 aromatic heterocycles. The van der Waals surface area contributed by atoms with E-state index in [1.165, 1.54) is 0 Å². The van der Waals surface area contributed by atoms with Crippen LogP contribution in [0.2, 0.25) is 0 Å². The molecule has 0 aliphatic carbocycles. The van der Waals surface area contributed by atoms with Crippen molar-refractivity contribution in [3.63, 3.8) is 0 Å². The van der Waals surface area contributed by atoms with Gasteiger partial charge in [0.25, 0.3) is 0 Å². The molecule has 0 spiro atoms. The second-order valence-electron chi connectivity index (χ2n) is 4.83. The normalized spacial score (nSPS) is 19.0. The fourth-order valence-corrected chi connectivity index (χ4v) is 3.13. The molecule has 1 atom stereocenters. The van der Waals surface area contributed by atoms with Crippen LogP contribution in [-0.2, 0) is 0 Å². The molecule has 1 saturated heterocycles. The molecule has 1 N–H and O–H groups in total. The van der Waals surface area contributed by atoms with Crippen LogP contribution in [0.4, 0.5) is 13.2 Å². The highest BCUT2D eigenvalue weighted by molar-refractivity contribution is 8.00. The Hall–Kier alpha value is -0.720. The topological polar surface area (TPSA) is 15.3 Å². The van der Waals surface area contributed by atoms with Gasteiger partial charge in [0.15, 0.2) is 0 Å². The van der Waals surface area contributed by atoms with E-state index in [4.69, 9.17) is 0 Å². The van der Waals surface area contributed by atoms with E-state index in [0.717, 1.165) is 38.2 Å². The number of benzene rings is 1. The predicted octanol–water partition coefficient (Wildman–Crippen LogP) is 3.65. The molecule has 0 radical (unpaired) electrons. The summed E-state index contributed by atoms with van der Waals surface area (Å²) in [5.41, 5.74) is -3.12. The summed E-state index contributed by atoms with van der Waals surface area (Å²) in [6, 6.07) is 7.08. The van der Waals surface area contributed by atoms with Gasteiger partial charge in [-0.2, -0.15) is 13.2 Å². The molecular formula is C14H19F3N2S. The summed E-state index contributed by atoms with van der Waals surface area (Å²) < 4.78 is 36.9. The lowest BCUT2D eigenvalue weighted by molar-refractivity contribution is -0.0328. The van der Waals surface area contributed by atoms with Crippen LogP contribution in [0.25, 0.3) is 0 Å². The second kappa shape index (κ2) is 6.83. The van der Waals surface area contributed by atoms with Gasteiger partial charge in [-0.1, -0.05) is 19.1 Å². The third kappa shape index (κ3) is 4.40. The van der Waals surface area contributed by atoms with Gasteiger partial charge >= 0.3 is 5.51 Å². The second-order valence-corrected chi connectivity index (χ2v) is 5.97. The maximum atomic E-state index is 12.3. The average molecular weight is 304 g/mol. The van der Waals surface area contributed by atoms with E-state index in [9.17, 15) is 13.2 Å². The van der Waals surface area contributed by atoms with Crippen LogP contribution in [0, 0.1) is 0 Å². The Morgan fingerprint density at radius 1 is 1.20 bits per heavy atom. The fraction of sp³-hybridized carbons (Fsp3) is 0.571. The molecule has 2 nitrogen and oxygen atoms in total. The van der Waals surface area contributed by atoms with Crippen molar-refractivity contribution in [3.8, 4) is 0 Å². The van der Waals surface area contributed by atoms with Crippen molar-refractivity contribution in [3.05, 3.63) is 29.8 Å². The van der Waals surface area contributed by atoms with Crippen LogP contribution >= 0.6 is 11.8 Å². The summed E-state index contributed by atoms with van der Waals surface area (Å²) in [7, 11) is 0. The van der Waals surface area contributed by atoms with E-state index in [2.05, 4.69) is 17.1 Å². The van der Waals surface area contributed by atoms with Crippen LogP contribution in [0.5, 0.6) is 0 Å². The molecule has 0 saturated carbocycles. The monoisotopic (exact) mass is 304 g/mol. The molecule has 6 heteroatoms. The number of halogens is 3. The van der Waals surface area contributed by atoms with Gasteiger partial charge in [-0.3, -0.25) is 4.90 Å². The number of hydrogen-bond donors (Lipinski definition) is 1. The molecule has 0 bridgehead atoms. The third-order valence-corrected chi connectivity index (χ3v) is 4.22. The van der Waals surface area contributed by atoms with Gasteiger partial charge in [0.2, 0.25) is 0 Å². The van der Waals surface area contributed by atoms with Gasteiger partial charge in [-0.05, 0) is 35.9 Å². The highest BCUT2D eigenvalue weighted by Gasteiger charge is 2.29. The summed E-state index contributed by atoms with van der Waals surface area (Å²) in [6.45, 7) is 6.03. The maximum Gasteiger partial charge on any atom is 0.446 e. The molecule has 112 valence electrons. The summed E-state index contributed by atoms with van der Waals surface area (Å²) in [5, 5.41) is 3.31. The SMILES string of the molecule is CC[C@H](c1ccc(SC(F)(F)F)cc1)N1CCNCC1. The summed E-state index contributed by atoms with van der Waals surface area (Å²) in [5.74, 6) is 0. The number of nitrogens with zero attached hydrogens (tertiary/aromatic N) is 1.